The van der Waals surface area contributed by atoms with Crippen LogP contribution in [0.1, 0.15) is 0 Å². The lowest BCUT2D eigenvalue weighted by atomic mass is 10.1. The molecule has 0 aliphatic carbocycles. The summed E-state index contributed by atoms with van der Waals surface area (Å²) < 4.78 is 0. The number of hydrogen-bond acceptors (Lipinski definition) is 3. The largest absolute Gasteiger partial charge is 0.376 e. The third kappa shape index (κ3) is 1.68. The summed E-state index contributed by atoms with van der Waals surface area (Å²) in [5.74, 6) is -0.128. The van der Waals surface area contributed by atoms with Gasteiger partial charge in [-0.05, 0) is 11.6 Å². The molecular weight excluding hydrogens is 140 g/mol. The average Bonchev–Trinajstić information content (AvgIpc) is 1.90. The maximum absolute atomic E-state index is 10.5. The molecule has 9 heavy (non-hydrogen) atoms. The highest BCUT2D eigenvalue weighted by atomic mass is 35.5. The predicted octanol–water partition coefficient (Wildman–Crippen LogP) is -0.000500. The molecule has 0 aromatic heterocycles. The number of nitrogens with zero attached hydrogens (tertiary/aromatic N) is 1. The highest BCUT2D eigenvalue weighted by Crippen LogP contribution is 2.02. The molecule has 0 amide bonds. The van der Waals surface area contributed by atoms with Crippen LogP contribution in [-0.2, 0) is 4.79 Å². The standard InChI is InChI=1S/C5H7ClN2O/c6-5(9)4-1-7-3-8-2-4/h3-4H,1-2H2,(H,7,8). The summed E-state index contributed by atoms with van der Waals surface area (Å²) >= 11 is 5.20. The van der Waals surface area contributed by atoms with E-state index < -0.39 is 0 Å². The van der Waals surface area contributed by atoms with Gasteiger partial charge in [0.15, 0.2) is 0 Å². The quantitative estimate of drug-likeness (QED) is 0.529. The average molecular weight is 147 g/mol. The molecule has 1 N–H and O–H groups in total. The van der Waals surface area contributed by atoms with Gasteiger partial charge >= 0.3 is 0 Å². The fraction of sp³-hybridized carbons (Fsp3) is 0.600. The number of carbonyl (C=O) groups is 1. The van der Waals surface area contributed by atoms with E-state index in [1.165, 1.54) is 0 Å². The molecule has 0 bridgehead atoms. The van der Waals surface area contributed by atoms with Crippen LogP contribution in [0, 0.1) is 5.92 Å². The Labute approximate surface area is 58.1 Å². The van der Waals surface area contributed by atoms with Gasteiger partial charge in [-0.25, -0.2) is 0 Å². The van der Waals surface area contributed by atoms with Gasteiger partial charge in [-0.1, -0.05) is 0 Å². The third-order valence-electron chi connectivity index (χ3n) is 1.19. The van der Waals surface area contributed by atoms with E-state index in [0.717, 1.165) is 0 Å². The lowest BCUT2D eigenvalue weighted by molar-refractivity contribution is -0.114. The lowest BCUT2D eigenvalue weighted by Gasteiger charge is -2.12. The van der Waals surface area contributed by atoms with Crippen LogP contribution in [-0.4, -0.2) is 24.7 Å². The van der Waals surface area contributed by atoms with E-state index in [2.05, 4.69) is 10.3 Å². The van der Waals surface area contributed by atoms with Crippen molar-refractivity contribution in [3.05, 3.63) is 0 Å². The molecule has 0 fully saturated rings. The van der Waals surface area contributed by atoms with E-state index in [0.29, 0.717) is 13.1 Å². The lowest BCUT2D eigenvalue weighted by Crippen LogP contribution is -2.31. The molecule has 0 spiro atoms. The second-order valence-corrected chi connectivity index (χ2v) is 2.28. The van der Waals surface area contributed by atoms with Crippen LogP contribution in [0.25, 0.3) is 0 Å². The van der Waals surface area contributed by atoms with E-state index in [9.17, 15) is 4.79 Å². The Bertz CT molecular complexity index is 146. The van der Waals surface area contributed by atoms with Crippen molar-refractivity contribution >= 4 is 23.2 Å². The maximum atomic E-state index is 10.5. The van der Waals surface area contributed by atoms with Crippen molar-refractivity contribution in [1.29, 1.82) is 0 Å². The van der Waals surface area contributed by atoms with E-state index in [4.69, 9.17) is 11.6 Å². The summed E-state index contributed by atoms with van der Waals surface area (Å²) in [5.41, 5.74) is 0. The van der Waals surface area contributed by atoms with E-state index >= 15 is 0 Å². The summed E-state index contributed by atoms with van der Waals surface area (Å²) in [4.78, 5) is 14.3. The number of halogens is 1. The number of carbonyl (C=O) groups excluding carboxylic acids is 1. The van der Waals surface area contributed by atoms with Crippen molar-refractivity contribution in [3.63, 3.8) is 0 Å². The predicted molar refractivity (Wildman–Crippen MR) is 35.7 cm³/mol. The summed E-state index contributed by atoms with van der Waals surface area (Å²) in [5, 5.41) is 2.51. The molecule has 0 saturated carbocycles. The molecular formula is C5H7ClN2O. The van der Waals surface area contributed by atoms with Crippen LogP contribution in [0.5, 0.6) is 0 Å². The zero-order valence-corrected chi connectivity index (χ0v) is 5.56. The van der Waals surface area contributed by atoms with Gasteiger partial charge < -0.3 is 5.32 Å². The second kappa shape index (κ2) is 2.82. The number of aliphatic imine (C=N–C) groups is 1. The van der Waals surface area contributed by atoms with Gasteiger partial charge in [-0.2, -0.15) is 0 Å². The zero-order chi connectivity index (χ0) is 6.69. The summed E-state index contributed by atoms with van der Waals surface area (Å²) in [6.45, 7) is 1.14. The molecule has 1 heterocycles. The first kappa shape index (κ1) is 6.55. The number of nitrogens with one attached hydrogen (secondary N) is 1. The van der Waals surface area contributed by atoms with Crippen LogP contribution in [0.15, 0.2) is 4.99 Å². The van der Waals surface area contributed by atoms with Gasteiger partial charge in [0.05, 0.1) is 18.8 Å². The monoisotopic (exact) mass is 146 g/mol. The first-order valence-corrected chi connectivity index (χ1v) is 3.09. The summed E-state index contributed by atoms with van der Waals surface area (Å²) in [6, 6.07) is 0. The molecule has 3 nitrogen and oxygen atoms in total. The minimum absolute atomic E-state index is 0.128. The second-order valence-electron chi connectivity index (χ2n) is 1.90. The van der Waals surface area contributed by atoms with Crippen molar-refractivity contribution < 1.29 is 4.79 Å². The van der Waals surface area contributed by atoms with Crippen molar-refractivity contribution in [3.8, 4) is 0 Å². The Morgan fingerprint density at radius 1 is 1.89 bits per heavy atom. The molecule has 50 valence electrons. The summed E-state index contributed by atoms with van der Waals surface area (Å²) in [7, 11) is 0. The van der Waals surface area contributed by atoms with Gasteiger partial charge in [0.25, 0.3) is 0 Å². The normalized spacial score (nSPS) is 25.2. The zero-order valence-electron chi connectivity index (χ0n) is 4.80. The molecule has 1 aliphatic rings. The van der Waals surface area contributed by atoms with Crippen molar-refractivity contribution in [1.82, 2.24) is 5.32 Å². The molecule has 1 atom stereocenters. The molecule has 0 saturated heterocycles. The number of hydrogen-bond donors (Lipinski definition) is 1. The van der Waals surface area contributed by atoms with Crippen LogP contribution in [0.2, 0.25) is 0 Å². The van der Waals surface area contributed by atoms with Crippen LogP contribution < -0.4 is 5.32 Å². The van der Waals surface area contributed by atoms with E-state index in [1.807, 2.05) is 0 Å². The molecule has 1 aliphatic heterocycles. The Morgan fingerprint density at radius 2 is 2.67 bits per heavy atom. The Morgan fingerprint density at radius 3 is 3.00 bits per heavy atom. The Kier molecular flexibility index (Phi) is 2.05. The minimum atomic E-state index is -0.306. The van der Waals surface area contributed by atoms with Gasteiger partial charge in [-0.3, -0.25) is 9.79 Å². The summed E-state index contributed by atoms with van der Waals surface area (Å²) in [6.07, 6.45) is 1.59. The molecule has 0 radical (unpaired) electrons. The third-order valence-corrected chi connectivity index (χ3v) is 1.50. The molecule has 0 aromatic rings. The van der Waals surface area contributed by atoms with Gasteiger partial charge in [0, 0.05) is 6.54 Å². The number of rotatable bonds is 1. The molecule has 0 aromatic carbocycles. The first-order valence-electron chi connectivity index (χ1n) is 2.71. The van der Waals surface area contributed by atoms with Gasteiger partial charge in [0.1, 0.15) is 0 Å². The molecule has 0 unspecified atom stereocenters. The van der Waals surface area contributed by atoms with Crippen molar-refractivity contribution in [2.75, 3.05) is 13.1 Å². The fourth-order valence-corrected chi connectivity index (χ4v) is 0.802. The molecule has 4 heteroatoms. The molecule has 1 rings (SSSR count). The Balaban J connectivity index is 2.44. The fourth-order valence-electron chi connectivity index (χ4n) is 0.656. The topological polar surface area (TPSA) is 41.5 Å². The highest BCUT2D eigenvalue weighted by Gasteiger charge is 2.16. The van der Waals surface area contributed by atoms with E-state index in [1.54, 1.807) is 6.34 Å². The van der Waals surface area contributed by atoms with Gasteiger partial charge in [0.2, 0.25) is 5.24 Å². The van der Waals surface area contributed by atoms with Crippen molar-refractivity contribution in [2.24, 2.45) is 10.9 Å². The minimum Gasteiger partial charge on any atom is -0.376 e. The van der Waals surface area contributed by atoms with Crippen molar-refractivity contribution in [2.45, 2.75) is 0 Å². The van der Waals surface area contributed by atoms with Crippen LogP contribution >= 0.6 is 11.6 Å². The maximum Gasteiger partial charge on any atom is 0.228 e. The highest BCUT2D eigenvalue weighted by molar-refractivity contribution is 6.64. The smallest absolute Gasteiger partial charge is 0.228 e. The first-order chi connectivity index (χ1) is 4.30. The van der Waals surface area contributed by atoms with E-state index in [-0.39, 0.29) is 11.2 Å². The van der Waals surface area contributed by atoms with Crippen LogP contribution in [0.3, 0.4) is 0 Å². The Hall–Kier alpha value is -0.570. The van der Waals surface area contributed by atoms with Gasteiger partial charge in [-0.15, -0.1) is 0 Å². The van der Waals surface area contributed by atoms with Crippen LogP contribution in [0.4, 0.5) is 0 Å². The SMILES string of the molecule is O=C(Cl)[C@@H]1CN=CNC1.